The Morgan fingerprint density at radius 2 is 2.11 bits per heavy atom. The monoisotopic (exact) mass is 256 g/mol. The molecular formula is C15H16N2O2. The molecule has 0 aromatic heterocycles. The van der Waals surface area contributed by atoms with Gasteiger partial charge in [0, 0.05) is 18.9 Å². The molecule has 4 heteroatoms. The van der Waals surface area contributed by atoms with E-state index in [0.717, 1.165) is 5.69 Å². The Labute approximate surface area is 113 Å². The van der Waals surface area contributed by atoms with E-state index in [-0.39, 0.29) is 12.2 Å². The van der Waals surface area contributed by atoms with Crippen molar-refractivity contribution in [2.45, 2.75) is 6.92 Å². The van der Waals surface area contributed by atoms with Crippen LogP contribution in [0.5, 0.6) is 0 Å². The Hall–Kier alpha value is -2.54. The van der Waals surface area contributed by atoms with Gasteiger partial charge >= 0.3 is 5.97 Å². The van der Waals surface area contributed by atoms with Crippen LogP contribution in [0.4, 0.5) is 5.69 Å². The molecule has 0 aliphatic rings. The molecule has 1 aromatic carbocycles. The first kappa shape index (κ1) is 14.5. The number of hydrogen-bond donors (Lipinski definition) is 0. The Bertz CT molecular complexity index is 513. The summed E-state index contributed by atoms with van der Waals surface area (Å²) in [5, 5.41) is 8.84. The number of allylic oxidation sites excluding steroid dienone is 2. The zero-order chi connectivity index (χ0) is 14.1. The highest BCUT2D eigenvalue weighted by Crippen LogP contribution is 2.11. The third-order valence-electron chi connectivity index (χ3n) is 2.35. The Morgan fingerprint density at radius 3 is 2.68 bits per heavy atom. The lowest BCUT2D eigenvalue weighted by atomic mass is 10.2. The minimum atomic E-state index is -0.600. The molecule has 0 radical (unpaired) electrons. The van der Waals surface area contributed by atoms with E-state index in [1.807, 2.05) is 48.3 Å². The largest absolute Gasteiger partial charge is 0.462 e. The van der Waals surface area contributed by atoms with E-state index in [4.69, 9.17) is 10.00 Å². The molecule has 0 spiro atoms. The molecule has 0 saturated heterocycles. The number of benzene rings is 1. The summed E-state index contributed by atoms with van der Waals surface area (Å²) in [5.74, 6) is -0.600. The van der Waals surface area contributed by atoms with Crippen LogP contribution in [0, 0.1) is 11.3 Å². The fraction of sp³-hybridized carbons (Fsp3) is 0.200. The molecule has 1 aromatic rings. The van der Waals surface area contributed by atoms with Gasteiger partial charge in [-0.3, -0.25) is 0 Å². The highest BCUT2D eigenvalue weighted by molar-refractivity contribution is 5.93. The summed E-state index contributed by atoms with van der Waals surface area (Å²) in [5.41, 5.74) is 1.00. The standard InChI is InChI=1S/C15H16N2O2/c1-3-19-15(18)13(12-16)8-7-11-17(2)14-9-5-4-6-10-14/h4-11H,3H2,1-2H3. The second kappa shape index (κ2) is 7.72. The van der Waals surface area contributed by atoms with Gasteiger partial charge in [-0.2, -0.15) is 5.26 Å². The molecule has 0 heterocycles. The van der Waals surface area contributed by atoms with Crippen LogP contribution in [0.1, 0.15) is 6.92 Å². The number of para-hydroxylation sites is 1. The first-order chi connectivity index (χ1) is 9.19. The summed E-state index contributed by atoms with van der Waals surface area (Å²) in [4.78, 5) is 13.2. The van der Waals surface area contributed by atoms with Crippen LogP contribution in [0.3, 0.4) is 0 Å². The number of anilines is 1. The van der Waals surface area contributed by atoms with Crippen molar-refractivity contribution in [1.82, 2.24) is 0 Å². The lowest BCUT2D eigenvalue weighted by Crippen LogP contribution is -2.08. The second-order valence-electron chi connectivity index (χ2n) is 3.70. The van der Waals surface area contributed by atoms with Crippen LogP contribution in [0.2, 0.25) is 0 Å². The van der Waals surface area contributed by atoms with Gasteiger partial charge in [-0.1, -0.05) is 18.2 Å². The summed E-state index contributed by atoms with van der Waals surface area (Å²) in [6.45, 7) is 1.96. The van der Waals surface area contributed by atoms with Crippen LogP contribution in [-0.2, 0) is 9.53 Å². The van der Waals surface area contributed by atoms with E-state index in [1.54, 1.807) is 19.2 Å². The maximum absolute atomic E-state index is 11.4. The second-order valence-corrected chi connectivity index (χ2v) is 3.70. The van der Waals surface area contributed by atoms with Crippen molar-refractivity contribution in [3.05, 3.63) is 54.3 Å². The van der Waals surface area contributed by atoms with Gasteiger partial charge in [0.2, 0.25) is 0 Å². The summed E-state index contributed by atoms with van der Waals surface area (Å²) >= 11 is 0. The Kier molecular flexibility index (Phi) is 5.90. The van der Waals surface area contributed by atoms with Crippen molar-refractivity contribution in [3.8, 4) is 6.07 Å². The highest BCUT2D eigenvalue weighted by Gasteiger charge is 2.07. The topological polar surface area (TPSA) is 53.3 Å². The predicted octanol–water partition coefficient (Wildman–Crippen LogP) is 2.65. The van der Waals surface area contributed by atoms with E-state index in [2.05, 4.69) is 0 Å². The number of carbonyl (C=O) groups excluding carboxylic acids is 1. The van der Waals surface area contributed by atoms with E-state index in [9.17, 15) is 4.79 Å². The molecule has 0 fully saturated rings. The van der Waals surface area contributed by atoms with Crippen molar-refractivity contribution in [3.63, 3.8) is 0 Å². The molecule has 4 nitrogen and oxygen atoms in total. The zero-order valence-electron chi connectivity index (χ0n) is 11.0. The summed E-state index contributed by atoms with van der Waals surface area (Å²) in [6.07, 6.45) is 4.85. The molecule has 0 saturated carbocycles. The van der Waals surface area contributed by atoms with Gasteiger partial charge in [0.05, 0.1) is 6.61 Å². The number of esters is 1. The molecular weight excluding hydrogens is 240 g/mol. The molecule has 19 heavy (non-hydrogen) atoms. The van der Waals surface area contributed by atoms with Crippen molar-refractivity contribution >= 4 is 11.7 Å². The Morgan fingerprint density at radius 1 is 1.42 bits per heavy atom. The third kappa shape index (κ3) is 4.68. The van der Waals surface area contributed by atoms with Gasteiger partial charge in [0.1, 0.15) is 11.6 Å². The zero-order valence-corrected chi connectivity index (χ0v) is 11.0. The van der Waals surface area contributed by atoms with Gasteiger partial charge < -0.3 is 9.64 Å². The van der Waals surface area contributed by atoms with Crippen LogP contribution in [0.25, 0.3) is 0 Å². The first-order valence-corrected chi connectivity index (χ1v) is 5.92. The third-order valence-corrected chi connectivity index (χ3v) is 2.35. The van der Waals surface area contributed by atoms with Crippen LogP contribution < -0.4 is 4.90 Å². The smallest absolute Gasteiger partial charge is 0.348 e. The van der Waals surface area contributed by atoms with Gasteiger partial charge in [-0.05, 0) is 31.2 Å². The first-order valence-electron chi connectivity index (χ1n) is 5.92. The Balaban J connectivity index is 2.71. The van der Waals surface area contributed by atoms with E-state index < -0.39 is 5.97 Å². The lowest BCUT2D eigenvalue weighted by Gasteiger charge is -2.12. The number of hydrogen-bond acceptors (Lipinski definition) is 4. The maximum atomic E-state index is 11.4. The molecule has 0 N–H and O–H groups in total. The molecule has 0 aliphatic heterocycles. The average Bonchev–Trinajstić information content (AvgIpc) is 2.44. The lowest BCUT2D eigenvalue weighted by molar-refractivity contribution is -0.138. The van der Waals surface area contributed by atoms with Crippen LogP contribution >= 0.6 is 0 Å². The van der Waals surface area contributed by atoms with Crippen LogP contribution in [0.15, 0.2) is 54.3 Å². The van der Waals surface area contributed by atoms with Crippen molar-refractivity contribution in [2.24, 2.45) is 0 Å². The molecule has 0 unspecified atom stereocenters. The van der Waals surface area contributed by atoms with E-state index in [1.165, 1.54) is 6.08 Å². The molecule has 0 atom stereocenters. The summed E-state index contributed by atoms with van der Waals surface area (Å²) < 4.78 is 4.76. The van der Waals surface area contributed by atoms with E-state index in [0.29, 0.717) is 0 Å². The molecule has 0 bridgehead atoms. The van der Waals surface area contributed by atoms with Gasteiger partial charge in [-0.25, -0.2) is 4.79 Å². The summed E-state index contributed by atoms with van der Waals surface area (Å²) in [6, 6.07) is 11.6. The normalized spacial score (nSPS) is 11.1. The number of carbonyl (C=O) groups is 1. The minimum absolute atomic E-state index is 0.0143. The number of rotatable bonds is 5. The number of nitriles is 1. The van der Waals surface area contributed by atoms with Gasteiger partial charge in [-0.15, -0.1) is 0 Å². The quantitative estimate of drug-likeness (QED) is 0.352. The van der Waals surface area contributed by atoms with E-state index >= 15 is 0 Å². The van der Waals surface area contributed by atoms with Crippen molar-refractivity contribution in [1.29, 1.82) is 5.26 Å². The average molecular weight is 256 g/mol. The highest BCUT2D eigenvalue weighted by atomic mass is 16.5. The fourth-order valence-electron chi connectivity index (χ4n) is 1.38. The predicted molar refractivity (Wildman–Crippen MR) is 74.3 cm³/mol. The fourth-order valence-corrected chi connectivity index (χ4v) is 1.38. The number of ether oxygens (including phenoxy) is 1. The molecule has 0 aliphatic carbocycles. The SMILES string of the molecule is CCOC(=O)C(C#N)=CC=CN(C)c1ccccc1. The molecule has 0 amide bonds. The van der Waals surface area contributed by atoms with Crippen molar-refractivity contribution in [2.75, 3.05) is 18.6 Å². The summed E-state index contributed by atoms with van der Waals surface area (Å²) in [7, 11) is 1.89. The number of nitrogens with zero attached hydrogens (tertiary/aromatic N) is 2. The minimum Gasteiger partial charge on any atom is -0.462 e. The van der Waals surface area contributed by atoms with Crippen molar-refractivity contribution < 1.29 is 9.53 Å². The van der Waals surface area contributed by atoms with Gasteiger partial charge in [0.15, 0.2) is 0 Å². The molecule has 1 rings (SSSR count). The molecule has 98 valence electrons. The van der Waals surface area contributed by atoms with Crippen LogP contribution in [-0.4, -0.2) is 19.6 Å². The van der Waals surface area contributed by atoms with Gasteiger partial charge in [0.25, 0.3) is 0 Å². The maximum Gasteiger partial charge on any atom is 0.348 e.